The molecule has 0 saturated heterocycles. The van der Waals surface area contributed by atoms with Crippen LogP contribution in [0.15, 0.2) is 41.2 Å². The van der Waals surface area contributed by atoms with Gasteiger partial charge < -0.3 is 9.47 Å². The molecule has 2 aromatic heterocycles. The van der Waals surface area contributed by atoms with Gasteiger partial charge in [-0.2, -0.15) is 9.50 Å². The SMILES string of the molecule is COc1ccc(-c2nc3sc(=Cc4ccc(Cl)cc4Cl)c(=O)n3n2)cc1OC. The first-order valence-corrected chi connectivity index (χ1v) is 9.66. The number of methoxy groups -OCH3 is 2. The molecule has 0 aliphatic rings. The van der Waals surface area contributed by atoms with E-state index in [9.17, 15) is 4.79 Å². The second-order valence-electron chi connectivity index (χ2n) is 5.78. The summed E-state index contributed by atoms with van der Waals surface area (Å²) in [5.74, 6) is 1.60. The quantitative estimate of drug-likeness (QED) is 0.490. The molecule has 6 nitrogen and oxygen atoms in total. The lowest BCUT2D eigenvalue weighted by molar-refractivity contribution is 0.355. The van der Waals surface area contributed by atoms with Crippen molar-refractivity contribution in [1.82, 2.24) is 14.6 Å². The van der Waals surface area contributed by atoms with Crippen LogP contribution in [0, 0.1) is 0 Å². The Bertz CT molecular complexity index is 1300. The number of ether oxygens (including phenoxy) is 2. The number of rotatable bonds is 4. The summed E-state index contributed by atoms with van der Waals surface area (Å²) in [6.45, 7) is 0. The van der Waals surface area contributed by atoms with Crippen LogP contribution in [0.5, 0.6) is 11.5 Å². The van der Waals surface area contributed by atoms with E-state index in [2.05, 4.69) is 10.1 Å². The van der Waals surface area contributed by atoms with E-state index in [1.807, 2.05) is 6.07 Å². The third-order valence-corrected chi connectivity index (χ3v) is 5.59. The van der Waals surface area contributed by atoms with E-state index in [0.717, 1.165) is 5.56 Å². The number of thiazole rings is 1. The molecule has 0 atom stereocenters. The summed E-state index contributed by atoms with van der Waals surface area (Å²) < 4.78 is 12.3. The van der Waals surface area contributed by atoms with Crippen LogP contribution in [-0.4, -0.2) is 28.8 Å². The summed E-state index contributed by atoms with van der Waals surface area (Å²) >= 11 is 13.3. The Balaban J connectivity index is 1.78. The van der Waals surface area contributed by atoms with Crippen LogP contribution in [0.4, 0.5) is 0 Å². The summed E-state index contributed by atoms with van der Waals surface area (Å²) in [4.78, 5) is 17.7. The van der Waals surface area contributed by atoms with Crippen LogP contribution in [0.2, 0.25) is 10.0 Å². The minimum atomic E-state index is -0.259. The highest BCUT2D eigenvalue weighted by Gasteiger charge is 2.14. The molecule has 9 heteroatoms. The van der Waals surface area contributed by atoms with E-state index < -0.39 is 0 Å². The highest BCUT2D eigenvalue weighted by atomic mass is 35.5. The fraction of sp³-hybridized carbons (Fsp3) is 0.105. The molecule has 0 aliphatic carbocycles. The maximum atomic E-state index is 12.7. The van der Waals surface area contributed by atoms with Crippen molar-refractivity contribution in [2.75, 3.05) is 14.2 Å². The Labute approximate surface area is 173 Å². The Morgan fingerprint density at radius 2 is 1.86 bits per heavy atom. The zero-order valence-corrected chi connectivity index (χ0v) is 17.1. The third kappa shape index (κ3) is 3.32. The lowest BCUT2D eigenvalue weighted by Crippen LogP contribution is -2.23. The van der Waals surface area contributed by atoms with Crippen LogP contribution in [0.25, 0.3) is 22.4 Å². The topological polar surface area (TPSA) is 65.7 Å². The van der Waals surface area contributed by atoms with Crippen molar-refractivity contribution >= 4 is 45.6 Å². The molecule has 0 N–H and O–H groups in total. The van der Waals surface area contributed by atoms with Crippen molar-refractivity contribution in [3.05, 3.63) is 66.9 Å². The van der Waals surface area contributed by atoms with E-state index in [1.165, 1.54) is 15.9 Å². The van der Waals surface area contributed by atoms with Gasteiger partial charge in [0, 0.05) is 15.6 Å². The molecule has 0 unspecified atom stereocenters. The van der Waals surface area contributed by atoms with Crippen molar-refractivity contribution in [1.29, 1.82) is 0 Å². The first-order valence-electron chi connectivity index (χ1n) is 8.09. The second kappa shape index (κ2) is 7.43. The van der Waals surface area contributed by atoms with Gasteiger partial charge in [0.25, 0.3) is 5.56 Å². The molecule has 4 rings (SSSR count). The number of nitrogens with zero attached hydrogens (tertiary/aromatic N) is 3. The van der Waals surface area contributed by atoms with Gasteiger partial charge in [0.15, 0.2) is 17.3 Å². The molecule has 142 valence electrons. The van der Waals surface area contributed by atoms with Gasteiger partial charge in [0.1, 0.15) is 0 Å². The molecule has 0 spiro atoms. The van der Waals surface area contributed by atoms with Gasteiger partial charge in [-0.15, -0.1) is 5.10 Å². The number of aromatic nitrogens is 3. The van der Waals surface area contributed by atoms with E-state index in [-0.39, 0.29) is 5.56 Å². The van der Waals surface area contributed by atoms with Crippen LogP contribution in [-0.2, 0) is 0 Å². The summed E-state index contributed by atoms with van der Waals surface area (Å²) in [5.41, 5.74) is 1.16. The fourth-order valence-electron chi connectivity index (χ4n) is 2.69. The predicted octanol–water partition coefficient (Wildman–Crippen LogP) is 3.69. The maximum Gasteiger partial charge on any atom is 0.291 e. The molecule has 2 aromatic carbocycles. The van der Waals surface area contributed by atoms with E-state index in [4.69, 9.17) is 32.7 Å². The lowest BCUT2D eigenvalue weighted by atomic mass is 10.2. The van der Waals surface area contributed by atoms with Gasteiger partial charge in [0.05, 0.1) is 18.8 Å². The molecule has 0 aliphatic heterocycles. The number of halogens is 2. The number of hydrogen-bond acceptors (Lipinski definition) is 6. The standard InChI is InChI=1S/C19H13Cl2N3O3S/c1-26-14-6-4-11(7-15(14)27-2)17-22-19-24(23-17)18(25)16(28-19)8-10-3-5-12(20)9-13(10)21/h3-9H,1-2H3. The Morgan fingerprint density at radius 3 is 2.54 bits per heavy atom. The van der Waals surface area contributed by atoms with Gasteiger partial charge in [-0.3, -0.25) is 4.79 Å². The van der Waals surface area contributed by atoms with Crippen LogP contribution in [0.1, 0.15) is 5.56 Å². The van der Waals surface area contributed by atoms with Crippen LogP contribution < -0.4 is 19.6 Å². The van der Waals surface area contributed by atoms with Crippen LogP contribution in [0.3, 0.4) is 0 Å². The second-order valence-corrected chi connectivity index (χ2v) is 7.63. The van der Waals surface area contributed by atoms with Gasteiger partial charge in [-0.1, -0.05) is 40.6 Å². The van der Waals surface area contributed by atoms with Gasteiger partial charge in [-0.05, 0) is 42.0 Å². The number of hydrogen-bond donors (Lipinski definition) is 0. The molecule has 28 heavy (non-hydrogen) atoms. The zero-order chi connectivity index (χ0) is 19.8. The zero-order valence-electron chi connectivity index (χ0n) is 14.8. The molecule has 0 fully saturated rings. The molecule has 2 heterocycles. The number of fused-ring (bicyclic) bond motifs is 1. The smallest absolute Gasteiger partial charge is 0.291 e. The van der Waals surface area contributed by atoms with Crippen molar-refractivity contribution in [2.45, 2.75) is 0 Å². The van der Waals surface area contributed by atoms with Crippen molar-refractivity contribution in [3.63, 3.8) is 0 Å². The monoisotopic (exact) mass is 433 g/mol. The first kappa shape index (κ1) is 18.7. The van der Waals surface area contributed by atoms with E-state index in [1.54, 1.807) is 50.6 Å². The van der Waals surface area contributed by atoms with Crippen molar-refractivity contribution in [2.24, 2.45) is 0 Å². The molecule has 0 saturated carbocycles. The first-order chi connectivity index (χ1) is 13.5. The lowest BCUT2D eigenvalue weighted by Gasteiger charge is -2.07. The largest absolute Gasteiger partial charge is 0.493 e. The highest BCUT2D eigenvalue weighted by molar-refractivity contribution is 7.15. The normalized spacial score (nSPS) is 11.9. The average Bonchev–Trinajstić information content (AvgIpc) is 3.23. The summed E-state index contributed by atoms with van der Waals surface area (Å²) in [5, 5.41) is 5.35. The van der Waals surface area contributed by atoms with Crippen LogP contribution >= 0.6 is 34.5 Å². The Morgan fingerprint density at radius 1 is 1.07 bits per heavy atom. The molecule has 0 radical (unpaired) electrons. The third-order valence-electron chi connectivity index (χ3n) is 4.07. The molecular weight excluding hydrogens is 421 g/mol. The fourth-order valence-corrected chi connectivity index (χ4v) is 4.05. The van der Waals surface area contributed by atoms with Crippen molar-refractivity contribution < 1.29 is 9.47 Å². The molecule has 4 aromatic rings. The average molecular weight is 434 g/mol. The minimum Gasteiger partial charge on any atom is -0.493 e. The predicted molar refractivity (Wildman–Crippen MR) is 111 cm³/mol. The minimum absolute atomic E-state index is 0.259. The Kier molecular flexibility index (Phi) is 4.97. The highest BCUT2D eigenvalue weighted by Crippen LogP contribution is 2.31. The molecule has 0 amide bonds. The van der Waals surface area contributed by atoms with Gasteiger partial charge in [0.2, 0.25) is 4.96 Å². The summed E-state index contributed by atoms with van der Waals surface area (Å²) in [7, 11) is 3.12. The summed E-state index contributed by atoms with van der Waals surface area (Å²) in [6.07, 6.45) is 1.71. The number of benzene rings is 2. The van der Waals surface area contributed by atoms with E-state index in [0.29, 0.717) is 42.4 Å². The van der Waals surface area contributed by atoms with Crippen molar-refractivity contribution in [3.8, 4) is 22.9 Å². The Hall–Kier alpha value is -2.61. The van der Waals surface area contributed by atoms with Gasteiger partial charge >= 0.3 is 0 Å². The maximum absolute atomic E-state index is 12.7. The molecular formula is C19H13Cl2N3O3S. The summed E-state index contributed by atoms with van der Waals surface area (Å²) in [6, 6.07) is 10.5. The van der Waals surface area contributed by atoms with E-state index >= 15 is 0 Å². The van der Waals surface area contributed by atoms with Gasteiger partial charge in [-0.25, -0.2) is 0 Å². The molecule has 0 bridgehead atoms.